The maximum Gasteiger partial charge on any atom is 0.383 e. The van der Waals surface area contributed by atoms with Gasteiger partial charge in [-0.05, 0) is 14.1 Å². The highest BCUT2D eigenvalue weighted by molar-refractivity contribution is 5.84. The third kappa shape index (κ3) is 4.31. The van der Waals surface area contributed by atoms with Crippen molar-refractivity contribution in [1.29, 1.82) is 0 Å². The van der Waals surface area contributed by atoms with Crippen LogP contribution >= 0.6 is 0 Å². The number of likely N-dealkylation sites (N-methyl/N-ethyl adjacent to an activating group) is 1. The van der Waals surface area contributed by atoms with Gasteiger partial charge in [-0.2, -0.15) is 8.78 Å². The Labute approximate surface area is 109 Å². The summed E-state index contributed by atoms with van der Waals surface area (Å²) in [5.41, 5.74) is 0. The number of halogens is 4. The van der Waals surface area contributed by atoms with Crippen molar-refractivity contribution in [1.82, 2.24) is 14.7 Å². The van der Waals surface area contributed by atoms with Crippen molar-refractivity contribution in [3.8, 4) is 0 Å². The Hall–Kier alpha value is -0.890. The summed E-state index contributed by atoms with van der Waals surface area (Å²) in [7, 11) is 3.84. The van der Waals surface area contributed by atoms with Gasteiger partial charge in [0, 0.05) is 39.3 Å². The zero-order valence-electron chi connectivity index (χ0n) is 11.1. The number of piperazine rings is 1. The number of carbonyl (C=O) groups is 1. The highest BCUT2D eigenvalue weighted by Gasteiger charge is 2.51. The Kier molecular flexibility index (Phi) is 5.54. The van der Waals surface area contributed by atoms with E-state index in [0.29, 0.717) is 13.1 Å². The van der Waals surface area contributed by atoms with E-state index in [0.717, 1.165) is 18.0 Å². The van der Waals surface area contributed by atoms with Crippen molar-refractivity contribution in [3.05, 3.63) is 0 Å². The molecule has 1 aliphatic heterocycles. The molecule has 0 unspecified atom stereocenters. The van der Waals surface area contributed by atoms with Crippen molar-refractivity contribution in [2.45, 2.75) is 12.3 Å². The Morgan fingerprint density at radius 3 is 2.16 bits per heavy atom. The van der Waals surface area contributed by atoms with Gasteiger partial charge in [0.05, 0.1) is 0 Å². The molecular formula is C11H19F4N3O. The molecule has 1 amide bonds. The van der Waals surface area contributed by atoms with Crippen LogP contribution in [-0.2, 0) is 4.79 Å². The molecule has 0 atom stereocenters. The molecule has 8 heteroatoms. The van der Waals surface area contributed by atoms with Gasteiger partial charge in [-0.15, -0.1) is 0 Å². The van der Waals surface area contributed by atoms with Crippen LogP contribution in [0.5, 0.6) is 0 Å². The van der Waals surface area contributed by atoms with E-state index in [1.807, 2.05) is 23.9 Å². The lowest BCUT2D eigenvalue weighted by atomic mass is 10.2. The van der Waals surface area contributed by atoms with E-state index in [2.05, 4.69) is 0 Å². The van der Waals surface area contributed by atoms with Crippen LogP contribution in [0, 0.1) is 0 Å². The minimum absolute atomic E-state index is 0.0641. The predicted molar refractivity (Wildman–Crippen MR) is 62.5 cm³/mol. The Morgan fingerprint density at radius 1 is 1.21 bits per heavy atom. The summed E-state index contributed by atoms with van der Waals surface area (Å²) >= 11 is 0. The molecule has 19 heavy (non-hydrogen) atoms. The van der Waals surface area contributed by atoms with Crippen LogP contribution in [0.2, 0.25) is 0 Å². The molecule has 1 rings (SSSR count). The van der Waals surface area contributed by atoms with Gasteiger partial charge in [0.2, 0.25) is 0 Å². The molecule has 4 nitrogen and oxygen atoms in total. The number of nitrogens with zero attached hydrogens (tertiary/aromatic N) is 3. The van der Waals surface area contributed by atoms with Crippen LogP contribution in [0.4, 0.5) is 17.6 Å². The fourth-order valence-electron chi connectivity index (χ4n) is 1.82. The summed E-state index contributed by atoms with van der Waals surface area (Å²) in [5, 5.41) is 0. The summed E-state index contributed by atoms with van der Waals surface area (Å²) in [6, 6.07) is 0. The summed E-state index contributed by atoms with van der Waals surface area (Å²) < 4.78 is 50.0. The molecule has 0 aromatic carbocycles. The minimum atomic E-state index is -4.58. The maximum atomic E-state index is 12.9. The standard InChI is InChI=1S/C11H19F4N3O/c1-16(2)3-4-17-5-7-18(8-6-17)10(19)11(14,15)9(12)13/h9H,3-8H2,1-2H3. The number of alkyl halides is 4. The number of amides is 1. The van der Waals surface area contributed by atoms with Crippen LogP contribution < -0.4 is 0 Å². The monoisotopic (exact) mass is 285 g/mol. The number of carbonyl (C=O) groups excluding carboxylic acids is 1. The summed E-state index contributed by atoms with van der Waals surface area (Å²) in [6.07, 6.45) is -3.95. The molecule has 0 bridgehead atoms. The number of hydrogen-bond acceptors (Lipinski definition) is 3. The van der Waals surface area contributed by atoms with Gasteiger partial charge < -0.3 is 9.80 Å². The fourth-order valence-corrected chi connectivity index (χ4v) is 1.82. The largest absolute Gasteiger partial charge is 0.383 e. The Bertz CT molecular complexity index is 304. The molecule has 0 radical (unpaired) electrons. The van der Waals surface area contributed by atoms with E-state index in [-0.39, 0.29) is 13.1 Å². The normalized spacial score (nSPS) is 18.4. The molecule has 0 aliphatic carbocycles. The lowest BCUT2D eigenvalue weighted by Crippen LogP contribution is -2.55. The SMILES string of the molecule is CN(C)CCN1CCN(C(=O)C(F)(F)C(F)F)CC1. The third-order valence-corrected chi connectivity index (χ3v) is 3.08. The first-order chi connectivity index (χ1) is 8.75. The fraction of sp³-hybridized carbons (Fsp3) is 0.909. The molecule has 0 saturated carbocycles. The highest BCUT2D eigenvalue weighted by atomic mass is 19.3. The topological polar surface area (TPSA) is 26.8 Å². The summed E-state index contributed by atoms with van der Waals surface area (Å²) in [6.45, 7) is 2.57. The lowest BCUT2D eigenvalue weighted by Gasteiger charge is -2.36. The van der Waals surface area contributed by atoms with E-state index < -0.39 is 18.3 Å². The second kappa shape index (κ2) is 6.51. The number of hydrogen-bond donors (Lipinski definition) is 0. The molecule has 1 fully saturated rings. The lowest BCUT2D eigenvalue weighted by molar-refractivity contribution is -0.182. The Morgan fingerprint density at radius 2 is 1.74 bits per heavy atom. The number of rotatable bonds is 5. The van der Waals surface area contributed by atoms with E-state index >= 15 is 0 Å². The van der Waals surface area contributed by atoms with Crippen molar-refractivity contribution in [2.24, 2.45) is 0 Å². The van der Waals surface area contributed by atoms with Crippen molar-refractivity contribution >= 4 is 5.91 Å². The maximum absolute atomic E-state index is 12.9. The van der Waals surface area contributed by atoms with Gasteiger partial charge in [0.1, 0.15) is 0 Å². The summed E-state index contributed by atoms with van der Waals surface area (Å²) in [4.78, 5) is 16.1. The second-order valence-electron chi connectivity index (χ2n) is 4.86. The van der Waals surface area contributed by atoms with E-state index in [1.54, 1.807) is 0 Å². The van der Waals surface area contributed by atoms with E-state index in [4.69, 9.17) is 0 Å². The molecule has 0 aromatic heterocycles. The van der Waals surface area contributed by atoms with Gasteiger partial charge in [-0.1, -0.05) is 0 Å². The quantitative estimate of drug-likeness (QED) is 0.692. The Balaban J connectivity index is 2.43. The average molecular weight is 285 g/mol. The van der Waals surface area contributed by atoms with Crippen molar-refractivity contribution < 1.29 is 22.4 Å². The van der Waals surface area contributed by atoms with Crippen LogP contribution in [0.25, 0.3) is 0 Å². The molecule has 1 aliphatic rings. The van der Waals surface area contributed by atoms with Gasteiger partial charge in [-0.3, -0.25) is 9.69 Å². The summed E-state index contributed by atoms with van der Waals surface area (Å²) in [5.74, 6) is -6.35. The zero-order chi connectivity index (χ0) is 14.6. The first-order valence-electron chi connectivity index (χ1n) is 6.07. The smallest absolute Gasteiger partial charge is 0.335 e. The zero-order valence-corrected chi connectivity index (χ0v) is 11.1. The second-order valence-corrected chi connectivity index (χ2v) is 4.86. The first kappa shape index (κ1) is 16.2. The van der Waals surface area contributed by atoms with Crippen LogP contribution in [-0.4, -0.2) is 86.3 Å². The first-order valence-corrected chi connectivity index (χ1v) is 6.07. The molecule has 1 saturated heterocycles. The predicted octanol–water partition coefficient (Wildman–Crippen LogP) is 0.593. The average Bonchev–Trinajstić information content (AvgIpc) is 2.35. The van der Waals surface area contributed by atoms with E-state index in [9.17, 15) is 22.4 Å². The molecule has 0 aromatic rings. The minimum Gasteiger partial charge on any atom is -0.335 e. The molecule has 1 heterocycles. The molecule has 112 valence electrons. The van der Waals surface area contributed by atoms with Gasteiger partial charge in [-0.25, -0.2) is 8.78 Å². The third-order valence-electron chi connectivity index (χ3n) is 3.08. The van der Waals surface area contributed by atoms with Crippen molar-refractivity contribution in [3.63, 3.8) is 0 Å². The van der Waals surface area contributed by atoms with Gasteiger partial charge in [0.25, 0.3) is 5.91 Å². The molecule has 0 N–H and O–H groups in total. The highest BCUT2D eigenvalue weighted by Crippen LogP contribution is 2.25. The van der Waals surface area contributed by atoms with Crippen molar-refractivity contribution in [2.75, 3.05) is 53.4 Å². The molecule has 0 spiro atoms. The van der Waals surface area contributed by atoms with E-state index in [1.165, 1.54) is 0 Å². The molecular weight excluding hydrogens is 266 g/mol. The van der Waals surface area contributed by atoms with Gasteiger partial charge >= 0.3 is 12.3 Å². The van der Waals surface area contributed by atoms with Crippen LogP contribution in [0.1, 0.15) is 0 Å². The van der Waals surface area contributed by atoms with Gasteiger partial charge in [0.15, 0.2) is 0 Å². The van der Waals surface area contributed by atoms with Crippen LogP contribution in [0.15, 0.2) is 0 Å². The van der Waals surface area contributed by atoms with Crippen LogP contribution in [0.3, 0.4) is 0 Å².